The lowest BCUT2D eigenvalue weighted by molar-refractivity contribution is -0.0188. The molecule has 2 atom stereocenters. The first kappa shape index (κ1) is 17.0. The average molecular weight is 352 g/mol. The zero-order chi connectivity index (χ0) is 16.4. The van der Waals surface area contributed by atoms with Crippen LogP contribution >= 0.6 is 11.3 Å². The van der Waals surface area contributed by atoms with E-state index in [1.807, 2.05) is 11.3 Å². The third kappa shape index (κ3) is 4.02. The van der Waals surface area contributed by atoms with Crippen LogP contribution in [0.5, 0.6) is 0 Å². The Kier molecular flexibility index (Phi) is 5.25. The first-order valence-corrected chi connectivity index (χ1v) is 10.1. The van der Waals surface area contributed by atoms with E-state index in [2.05, 4.69) is 24.0 Å². The van der Waals surface area contributed by atoms with Crippen LogP contribution in [0.3, 0.4) is 0 Å². The lowest BCUT2D eigenvalue weighted by atomic mass is 9.98. The SMILES string of the molecule is Cc1ccc(CN2CC[C@@]3(C[C@@H](OCC4CCOCC4)CO3)C2)s1. The molecule has 1 aromatic rings. The highest BCUT2D eigenvalue weighted by atomic mass is 32.1. The number of aryl methyl sites for hydroxylation is 1. The van der Waals surface area contributed by atoms with Gasteiger partial charge in [0.1, 0.15) is 0 Å². The third-order valence-corrected chi connectivity index (χ3v) is 6.64. The lowest BCUT2D eigenvalue weighted by Gasteiger charge is -2.24. The molecule has 0 aromatic carbocycles. The summed E-state index contributed by atoms with van der Waals surface area (Å²) in [5.74, 6) is 0.678. The quantitative estimate of drug-likeness (QED) is 0.815. The topological polar surface area (TPSA) is 30.9 Å². The zero-order valence-electron chi connectivity index (χ0n) is 14.7. The summed E-state index contributed by atoms with van der Waals surface area (Å²) in [4.78, 5) is 5.42. The Bertz CT molecular complexity index is 542. The number of thiophene rings is 1. The van der Waals surface area contributed by atoms with E-state index >= 15 is 0 Å². The maximum absolute atomic E-state index is 6.24. The monoisotopic (exact) mass is 351 g/mol. The second kappa shape index (κ2) is 7.42. The fraction of sp³-hybridized carbons (Fsp3) is 0.789. The van der Waals surface area contributed by atoms with Crippen molar-refractivity contribution >= 4 is 11.3 Å². The van der Waals surface area contributed by atoms with Crippen LogP contribution in [0.2, 0.25) is 0 Å². The first-order chi connectivity index (χ1) is 11.7. The van der Waals surface area contributed by atoms with E-state index in [0.717, 1.165) is 71.7 Å². The molecule has 24 heavy (non-hydrogen) atoms. The van der Waals surface area contributed by atoms with Crippen LogP contribution in [0.15, 0.2) is 12.1 Å². The van der Waals surface area contributed by atoms with E-state index in [1.54, 1.807) is 0 Å². The molecule has 1 aromatic heterocycles. The summed E-state index contributed by atoms with van der Waals surface area (Å²) in [5.41, 5.74) is 0.0483. The van der Waals surface area contributed by atoms with Gasteiger partial charge in [0.05, 0.1) is 24.9 Å². The maximum atomic E-state index is 6.24. The van der Waals surface area contributed by atoms with Crippen molar-refractivity contribution in [2.75, 3.05) is 39.5 Å². The highest BCUT2D eigenvalue weighted by Crippen LogP contribution is 2.37. The van der Waals surface area contributed by atoms with Crippen molar-refractivity contribution in [2.24, 2.45) is 5.92 Å². The summed E-state index contributed by atoms with van der Waals surface area (Å²) in [6.07, 6.45) is 4.79. The van der Waals surface area contributed by atoms with Gasteiger partial charge in [0.2, 0.25) is 0 Å². The van der Waals surface area contributed by atoms with Gasteiger partial charge in [0.25, 0.3) is 0 Å². The largest absolute Gasteiger partial charge is 0.381 e. The first-order valence-electron chi connectivity index (χ1n) is 9.32. The Balaban J connectivity index is 1.23. The number of hydrogen-bond acceptors (Lipinski definition) is 5. The van der Waals surface area contributed by atoms with Crippen molar-refractivity contribution in [3.05, 3.63) is 21.9 Å². The second-order valence-electron chi connectivity index (χ2n) is 7.68. The molecule has 0 saturated carbocycles. The Morgan fingerprint density at radius 3 is 3.00 bits per heavy atom. The molecule has 5 heteroatoms. The number of rotatable bonds is 5. The van der Waals surface area contributed by atoms with Crippen LogP contribution in [-0.4, -0.2) is 56.1 Å². The molecule has 3 fully saturated rings. The predicted octanol–water partition coefficient (Wildman–Crippen LogP) is 3.23. The van der Waals surface area contributed by atoms with Gasteiger partial charge in [-0.15, -0.1) is 11.3 Å². The van der Waals surface area contributed by atoms with Gasteiger partial charge in [-0.2, -0.15) is 0 Å². The van der Waals surface area contributed by atoms with E-state index < -0.39 is 0 Å². The Hall–Kier alpha value is -0.460. The standard InChI is InChI=1S/C19H29NO3S/c1-15-2-3-18(24-15)11-20-7-6-19(14-20)10-17(13-23-19)22-12-16-4-8-21-9-5-16/h2-3,16-17H,4-14H2,1H3/t17-,19-/m1/s1. The van der Waals surface area contributed by atoms with Crippen molar-refractivity contribution in [3.8, 4) is 0 Å². The van der Waals surface area contributed by atoms with Gasteiger partial charge in [0, 0.05) is 49.0 Å². The normalized spacial score (nSPS) is 32.1. The fourth-order valence-electron chi connectivity index (χ4n) is 4.23. The molecule has 134 valence electrons. The number of likely N-dealkylation sites (tertiary alicyclic amines) is 1. The summed E-state index contributed by atoms with van der Waals surface area (Å²) in [6, 6.07) is 4.48. The van der Waals surface area contributed by atoms with Gasteiger partial charge >= 0.3 is 0 Å². The van der Waals surface area contributed by atoms with Crippen LogP contribution in [-0.2, 0) is 20.8 Å². The van der Waals surface area contributed by atoms with Gasteiger partial charge < -0.3 is 14.2 Å². The number of nitrogens with zero attached hydrogens (tertiary/aromatic N) is 1. The van der Waals surface area contributed by atoms with Crippen LogP contribution in [0.4, 0.5) is 0 Å². The highest BCUT2D eigenvalue weighted by Gasteiger charge is 2.45. The molecule has 4 rings (SSSR count). The summed E-state index contributed by atoms with van der Waals surface area (Å²) in [5, 5.41) is 0. The van der Waals surface area contributed by atoms with E-state index in [9.17, 15) is 0 Å². The molecular formula is C19H29NO3S. The van der Waals surface area contributed by atoms with Gasteiger partial charge in [-0.1, -0.05) is 0 Å². The van der Waals surface area contributed by atoms with Crippen LogP contribution in [0, 0.1) is 12.8 Å². The van der Waals surface area contributed by atoms with Crippen molar-refractivity contribution in [2.45, 2.75) is 50.9 Å². The smallest absolute Gasteiger partial charge is 0.0847 e. The van der Waals surface area contributed by atoms with Crippen molar-refractivity contribution < 1.29 is 14.2 Å². The third-order valence-electron chi connectivity index (χ3n) is 5.65. The minimum Gasteiger partial charge on any atom is -0.381 e. The molecule has 0 unspecified atom stereocenters. The van der Waals surface area contributed by atoms with E-state index in [-0.39, 0.29) is 11.7 Å². The van der Waals surface area contributed by atoms with Gasteiger partial charge in [-0.25, -0.2) is 0 Å². The van der Waals surface area contributed by atoms with E-state index in [0.29, 0.717) is 5.92 Å². The lowest BCUT2D eigenvalue weighted by Crippen LogP contribution is -2.33. The molecular weight excluding hydrogens is 322 g/mol. The summed E-state index contributed by atoms with van der Waals surface area (Å²) in [6.45, 7) is 8.90. The number of hydrogen-bond donors (Lipinski definition) is 0. The van der Waals surface area contributed by atoms with Gasteiger partial charge in [0.15, 0.2) is 0 Å². The molecule has 0 bridgehead atoms. The molecule has 3 saturated heterocycles. The summed E-state index contributed by atoms with van der Waals surface area (Å²) >= 11 is 1.91. The van der Waals surface area contributed by atoms with Crippen LogP contribution in [0.25, 0.3) is 0 Å². The van der Waals surface area contributed by atoms with Crippen LogP contribution in [0.1, 0.15) is 35.4 Å². The molecule has 4 nitrogen and oxygen atoms in total. The maximum Gasteiger partial charge on any atom is 0.0847 e. The molecule has 1 spiro atoms. The van der Waals surface area contributed by atoms with Gasteiger partial charge in [-0.05, 0) is 44.2 Å². The molecule has 3 aliphatic rings. The van der Waals surface area contributed by atoms with Crippen molar-refractivity contribution in [1.82, 2.24) is 4.90 Å². The van der Waals surface area contributed by atoms with E-state index in [4.69, 9.17) is 14.2 Å². The predicted molar refractivity (Wildman–Crippen MR) is 95.5 cm³/mol. The van der Waals surface area contributed by atoms with Crippen molar-refractivity contribution in [1.29, 1.82) is 0 Å². The fourth-order valence-corrected chi connectivity index (χ4v) is 5.16. The van der Waals surface area contributed by atoms with Crippen molar-refractivity contribution in [3.63, 3.8) is 0 Å². The average Bonchev–Trinajstić information content (AvgIpc) is 3.29. The van der Waals surface area contributed by atoms with E-state index in [1.165, 1.54) is 9.75 Å². The van der Waals surface area contributed by atoms with Gasteiger partial charge in [-0.3, -0.25) is 4.90 Å². The summed E-state index contributed by atoms with van der Waals surface area (Å²) in [7, 11) is 0. The summed E-state index contributed by atoms with van der Waals surface area (Å²) < 4.78 is 17.9. The molecule has 0 aliphatic carbocycles. The Morgan fingerprint density at radius 1 is 1.33 bits per heavy atom. The zero-order valence-corrected chi connectivity index (χ0v) is 15.5. The Morgan fingerprint density at radius 2 is 2.21 bits per heavy atom. The van der Waals surface area contributed by atoms with Crippen LogP contribution < -0.4 is 0 Å². The molecule has 0 amide bonds. The second-order valence-corrected chi connectivity index (χ2v) is 9.05. The number of ether oxygens (including phenoxy) is 3. The molecule has 0 radical (unpaired) electrons. The Labute approximate surface area is 149 Å². The highest BCUT2D eigenvalue weighted by molar-refractivity contribution is 7.11. The molecule has 0 N–H and O–H groups in total. The minimum absolute atomic E-state index is 0.0483. The molecule has 4 heterocycles. The molecule has 3 aliphatic heterocycles. The minimum atomic E-state index is 0.0483.